The maximum absolute atomic E-state index is 14.0. The molecular weight excluding hydrogens is 743 g/mol. The van der Waals surface area contributed by atoms with Crippen LogP contribution in [0.2, 0.25) is 0 Å². The Morgan fingerprint density at radius 2 is 1.00 bits per heavy atom. The van der Waals surface area contributed by atoms with Gasteiger partial charge in [0.15, 0.2) is 0 Å². The first-order chi connectivity index (χ1) is 29.3. The monoisotopic (exact) mass is 844 g/mol. The molecule has 2 amide bonds. The molecular formula is C53H101N3O4. The molecule has 1 aliphatic carbocycles. The maximum Gasteiger partial charge on any atom is 0.306 e. The van der Waals surface area contributed by atoms with E-state index < -0.39 is 5.54 Å². The molecule has 0 atom stereocenters. The van der Waals surface area contributed by atoms with E-state index in [1.54, 1.807) is 0 Å². The van der Waals surface area contributed by atoms with Crippen molar-refractivity contribution in [2.75, 3.05) is 33.7 Å². The van der Waals surface area contributed by atoms with Gasteiger partial charge in [-0.25, -0.2) is 0 Å². The van der Waals surface area contributed by atoms with Crippen LogP contribution in [0.1, 0.15) is 265 Å². The van der Waals surface area contributed by atoms with Gasteiger partial charge >= 0.3 is 5.97 Å². The summed E-state index contributed by atoms with van der Waals surface area (Å²) in [4.78, 5) is 45.0. The highest BCUT2D eigenvalue weighted by atomic mass is 16.5. The number of allylic oxidation sites excluding steroid dienone is 2. The standard InChI is InChI=1S/C53H101N3O4/c1-6-9-12-15-18-19-20-21-22-23-24-25-26-27-30-36-46-54-52(59)53(44-39-45-53)56(48-38-31-37-47-55(4)5)50(57)42-34-35-43-51(58)60-49(40-32-28-16-13-10-7-2)41-33-29-17-14-11-8-3/h21-22,49H,6-20,23-48H2,1-5H3,(H,54,59)/b22-21-. The third-order valence-electron chi connectivity index (χ3n) is 13.0. The van der Waals surface area contributed by atoms with E-state index in [0.717, 1.165) is 83.6 Å². The van der Waals surface area contributed by atoms with Gasteiger partial charge < -0.3 is 19.9 Å². The summed E-state index contributed by atoms with van der Waals surface area (Å²) in [6, 6.07) is 0. The Kier molecular flexibility index (Phi) is 37.3. The van der Waals surface area contributed by atoms with E-state index in [9.17, 15) is 14.4 Å². The zero-order valence-electron chi connectivity index (χ0n) is 40.8. The zero-order valence-corrected chi connectivity index (χ0v) is 40.8. The van der Waals surface area contributed by atoms with Gasteiger partial charge in [0.05, 0.1) is 0 Å². The van der Waals surface area contributed by atoms with Gasteiger partial charge in [-0.05, 0) is 123 Å². The number of nitrogens with one attached hydrogen (secondary N) is 1. The van der Waals surface area contributed by atoms with E-state index in [-0.39, 0.29) is 23.9 Å². The minimum Gasteiger partial charge on any atom is -0.462 e. The summed E-state index contributed by atoms with van der Waals surface area (Å²) in [6.45, 7) is 9.13. The van der Waals surface area contributed by atoms with Crippen molar-refractivity contribution in [2.24, 2.45) is 0 Å². The molecule has 0 aromatic heterocycles. The maximum atomic E-state index is 14.0. The smallest absolute Gasteiger partial charge is 0.306 e. The first kappa shape index (κ1) is 56.1. The Labute approximate surface area is 373 Å². The van der Waals surface area contributed by atoms with Crippen molar-refractivity contribution in [1.29, 1.82) is 0 Å². The Morgan fingerprint density at radius 3 is 1.50 bits per heavy atom. The highest BCUT2D eigenvalue weighted by molar-refractivity contribution is 5.92. The summed E-state index contributed by atoms with van der Waals surface area (Å²) in [5, 5.41) is 3.27. The Bertz CT molecular complexity index is 1030. The molecule has 7 heteroatoms. The molecule has 1 saturated carbocycles. The molecule has 0 aliphatic heterocycles. The molecule has 0 spiro atoms. The number of hydrogen-bond donors (Lipinski definition) is 1. The number of nitrogens with zero attached hydrogens (tertiary/aromatic N) is 2. The summed E-state index contributed by atoms with van der Waals surface area (Å²) in [5.74, 6) is 0.0174. The largest absolute Gasteiger partial charge is 0.462 e. The van der Waals surface area contributed by atoms with Crippen LogP contribution in [0, 0.1) is 0 Å². The number of hydrogen-bond acceptors (Lipinski definition) is 5. The number of carbonyl (C=O) groups excluding carboxylic acids is 3. The first-order valence-corrected chi connectivity index (χ1v) is 26.4. The Balaban J connectivity index is 2.54. The summed E-state index contributed by atoms with van der Waals surface area (Å²) >= 11 is 0. The highest BCUT2D eigenvalue weighted by Crippen LogP contribution is 2.39. The molecule has 0 bridgehead atoms. The van der Waals surface area contributed by atoms with Gasteiger partial charge in [0.25, 0.3) is 0 Å². The quantitative estimate of drug-likeness (QED) is 0.0375. The molecule has 352 valence electrons. The third kappa shape index (κ3) is 29.4. The lowest BCUT2D eigenvalue weighted by Crippen LogP contribution is -2.64. The number of unbranched alkanes of at least 4 members (excludes halogenated alkanes) is 25. The van der Waals surface area contributed by atoms with Crippen LogP contribution in [-0.2, 0) is 19.1 Å². The van der Waals surface area contributed by atoms with Gasteiger partial charge in [0.1, 0.15) is 11.6 Å². The van der Waals surface area contributed by atoms with Crippen LogP contribution in [0.4, 0.5) is 0 Å². The lowest BCUT2D eigenvalue weighted by atomic mass is 9.74. The van der Waals surface area contributed by atoms with E-state index >= 15 is 0 Å². The second-order valence-electron chi connectivity index (χ2n) is 18.9. The summed E-state index contributed by atoms with van der Waals surface area (Å²) in [6.07, 6.45) is 47.1. The van der Waals surface area contributed by atoms with Crippen LogP contribution in [0.25, 0.3) is 0 Å². The molecule has 0 radical (unpaired) electrons. The zero-order chi connectivity index (χ0) is 43.8. The van der Waals surface area contributed by atoms with Crippen LogP contribution in [0.5, 0.6) is 0 Å². The van der Waals surface area contributed by atoms with Crippen LogP contribution in [0.3, 0.4) is 0 Å². The van der Waals surface area contributed by atoms with E-state index in [0.29, 0.717) is 38.8 Å². The second kappa shape index (κ2) is 39.9. The topological polar surface area (TPSA) is 79.0 Å². The molecule has 7 nitrogen and oxygen atoms in total. The van der Waals surface area contributed by atoms with Crippen LogP contribution in [0.15, 0.2) is 12.2 Å². The summed E-state index contributed by atoms with van der Waals surface area (Å²) in [5.41, 5.74) is -0.708. The molecule has 0 unspecified atom stereocenters. The van der Waals surface area contributed by atoms with Crippen LogP contribution >= 0.6 is 0 Å². The van der Waals surface area contributed by atoms with E-state index in [2.05, 4.69) is 57.2 Å². The van der Waals surface area contributed by atoms with Gasteiger partial charge in [0, 0.05) is 25.9 Å². The minimum atomic E-state index is -0.708. The van der Waals surface area contributed by atoms with Crippen molar-refractivity contribution in [1.82, 2.24) is 15.1 Å². The molecule has 1 N–H and O–H groups in total. The van der Waals surface area contributed by atoms with Crippen molar-refractivity contribution < 1.29 is 19.1 Å². The molecule has 0 aromatic carbocycles. The van der Waals surface area contributed by atoms with E-state index in [1.807, 2.05) is 4.90 Å². The number of ether oxygens (including phenoxy) is 1. The van der Waals surface area contributed by atoms with Crippen molar-refractivity contribution >= 4 is 17.8 Å². The average molecular weight is 844 g/mol. The first-order valence-electron chi connectivity index (χ1n) is 26.4. The number of amides is 2. The fourth-order valence-electron chi connectivity index (χ4n) is 8.81. The van der Waals surface area contributed by atoms with E-state index in [1.165, 1.54) is 141 Å². The third-order valence-corrected chi connectivity index (χ3v) is 13.0. The van der Waals surface area contributed by atoms with Crippen molar-refractivity contribution in [3.05, 3.63) is 12.2 Å². The molecule has 0 aromatic rings. The fraction of sp³-hybridized carbons (Fsp3) is 0.906. The molecule has 1 aliphatic rings. The van der Waals surface area contributed by atoms with Crippen LogP contribution < -0.4 is 5.32 Å². The lowest BCUT2D eigenvalue weighted by molar-refractivity contribution is -0.154. The van der Waals surface area contributed by atoms with Gasteiger partial charge in [-0.2, -0.15) is 0 Å². The van der Waals surface area contributed by atoms with Crippen molar-refractivity contribution in [3.63, 3.8) is 0 Å². The number of carbonyl (C=O) groups is 3. The number of esters is 1. The van der Waals surface area contributed by atoms with Gasteiger partial charge in [0.2, 0.25) is 11.8 Å². The van der Waals surface area contributed by atoms with E-state index in [4.69, 9.17) is 4.74 Å². The normalized spacial score (nSPS) is 13.7. The molecule has 0 saturated heterocycles. The molecule has 1 fully saturated rings. The molecule has 1 rings (SSSR count). The fourth-order valence-corrected chi connectivity index (χ4v) is 8.81. The lowest BCUT2D eigenvalue weighted by Gasteiger charge is -2.49. The Hall–Kier alpha value is -1.89. The minimum absolute atomic E-state index is 0.0216. The predicted molar refractivity (Wildman–Crippen MR) is 257 cm³/mol. The number of rotatable bonds is 44. The van der Waals surface area contributed by atoms with Crippen molar-refractivity contribution in [3.8, 4) is 0 Å². The average Bonchev–Trinajstić information content (AvgIpc) is 3.21. The summed E-state index contributed by atoms with van der Waals surface area (Å²) in [7, 11) is 4.20. The van der Waals surface area contributed by atoms with Crippen LogP contribution in [-0.4, -0.2) is 73.0 Å². The predicted octanol–water partition coefficient (Wildman–Crippen LogP) is 14.6. The SMILES string of the molecule is CCCCCCCC/C=C\CCCCCCCCNC(=O)C1(N(CCCCCN(C)C)C(=O)CCCCC(=O)OC(CCCCCCCC)CCCCCCCC)CCC1. The second-order valence-corrected chi connectivity index (χ2v) is 18.9. The van der Waals surface area contributed by atoms with Gasteiger partial charge in [-0.15, -0.1) is 0 Å². The molecule has 0 heterocycles. The molecule has 60 heavy (non-hydrogen) atoms. The highest BCUT2D eigenvalue weighted by Gasteiger charge is 2.50. The Morgan fingerprint density at radius 1 is 0.550 bits per heavy atom. The van der Waals surface area contributed by atoms with Gasteiger partial charge in [-0.3, -0.25) is 14.4 Å². The summed E-state index contributed by atoms with van der Waals surface area (Å²) < 4.78 is 6.08. The van der Waals surface area contributed by atoms with Crippen molar-refractivity contribution in [2.45, 2.75) is 276 Å². The van der Waals surface area contributed by atoms with Gasteiger partial charge in [-0.1, -0.05) is 161 Å².